The van der Waals surface area contributed by atoms with Gasteiger partial charge in [0.25, 0.3) is 0 Å². The number of fused-ring (bicyclic) bond motifs is 1. The topological polar surface area (TPSA) is 50.3 Å². The van der Waals surface area contributed by atoms with Crippen LogP contribution in [0.25, 0.3) is 0 Å². The highest BCUT2D eigenvalue weighted by Gasteiger charge is 2.32. The number of carbonyl (C=O) groups is 2. The number of amides is 1. The smallest absolute Gasteiger partial charge is 0.223 e. The van der Waals surface area contributed by atoms with Crippen molar-refractivity contribution in [2.75, 3.05) is 6.54 Å². The van der Waals surface area contributed by atoms with E-state index in [1.807, 2.05) is 4.90 Å². The molecule has 1 amide bonds. The van der Waals surface area contributed by atoms with Crippen molar-refractivity contribution in [2.24, 2.45) is 5.92 Å². The first-order valence-electron chi connectivity index (χ1n) is 9.29. The van der Waals surface area contributed by atoms with Crippen LogP contribution < -0.4 is 0 Å². The minimum absolute atomic E-state index is 0.0272. The number of pyridine rings is 1. The summed E-state index contributed by atoms with van der Waals surface area (Å²) in [5, 5.41) is 0. The SMILES string of the molecule is Cc1ccc2c(c1)CCN(C(=O)CCC(=O)c1cccnc1)C2C(C)C. The number of hydrogen-bond acceptors (Lipinski definition) is 3. The Hall–Kier alpha value is -2.49. The average molecular weight is 350 g/mol. The zero-order valence-corrected chi connectivity index (χ0v) is 15.7. The van der Waals surface area contributed by atoms with Gasteiger partial charge in [-0.05, 0) is 42.5 Å². The molecule has 2 aromatic rings. The van der Waals surface area contributed by atoms with Gasteiger partial charge in [0.05, 0.1) is 6.04 Å². The molecule has 1 unspecified atom stereocenters. The van der Waals surface area contributed by atoms with E-state index in [0.717, 1.165) is 13.0 Å². The van der Waals surface area contributed by atoms with Crippen molar-refractivity contribution in [1.29, 1.82) is 0 Å². The number of hydrogen-bond donors (Lipinski definition) is 0. The Bertz CT molecular complexity index is 799. The van der Waals surface area contributed by atoms with Crippen molar-refractivity contribution in [2.45, 2.75) is 46.1 Å². The zero-order chi connectivity index (χ0) is 18.7. The highest BCUT2D eigenvalue weighted by Crippen LogP contribution is 2.36. The van der Waals surface area contributed by atoms with Crippen molar-refractivity contribution < 1.29 is 9.59 Å². The van der Waals surface area contributed by atoms with Crippen LogP contribution in [0.15, 0.2) is 42.7 Å². The van der Waals surface area contributed by atoms with Crippen LogP contribution in [0.5, 0.6) is 0 Å². The third-order valence-electron chi connectivity index (χ3n) is 5.08. The molecule has 0 N–H and O–H groups in total. The van der Waals surface area contributed by atoms with Gasteiger partial charge in [0.1, 0.15) is 0 Å². The quantitative estimate of drug-likeness (QED) is 0.762. The molecule has 4 nitrogen and oxygen atoms in total. The molecule has 1 aliphatic rings. The van der Waals surface area contributed by atoms with Crippen molar-refractivity contribution in [3.8, 4) is 0 Å². The normalized spacial score (nSPS) is 16.5. The maximum Gasteiger partial charge on any atom is 0.223 e. The van der Waals surface area contributed by atoms with Crippen LogP contribution in [0, 0.1) is 12.8 Å². The van der Waals surface area contributed by atoms with Crippen LogP contribution in [-0.2, 0) is 11.2 Å². The summed E-state index contributed by atoms with van der Waals surface area (Å²) in [5.41, 5.74) is 4.43. The first-order valence-corrected chi connectivity index (χ1v) is 9.29. The summed E-state index contributed by atoms with van der Waals surface area (Å²) in [5.74, 6) is 0.363. The predicted molar refractivity (Wildman–Crippen MR) is 102 cm³/mol. The molecule has 1 atom stereocenters. The van der Waals surface area contributed by atoms with E-state index < -0.39 is 0 Å². The van der Waals surface area contributed by atoms with Gasteiger partial charge in [-0.2, -0.15) is 0 Å². The van der Waals surface area contributed by atoms with E-state index in [2.05, 4.69) is 44.0 Å². The van der Waals surface area contributed by atoms with Crippen LogP contribution in [0.3, 0.4) is 0 Å². The number of carbonyl (C=O) groups excluding carboxylic acids is 2. The predicted octanol–water partition coefficient (Wildman–Crippen LogP) is 4.13. The lowest BCUT2D eigenvalue weighted by Gasteiger charge is -2.40. The van der Waals surface area contributed by atoms with Crippen molar-refractivity contribution in [3.63, 3.8) is 0 Å². The summed E-state index contributed by atoms with van der Waals surface area (Å²) in [6, 6.07) is 10.1. The molecule has 0 saturated carbocycles. The summed E-state index contributed by atoms with van der Waals surface area (Å²) in [7, 11) is 0. The Morgan fingerprint density at radius 3 is 2.73 bits per heavy atom. The Kier molecular flexibility index (Phi) is 5.50. The van der Waals surface area contributed by atoms with Gasteiger partial charge in [0.15, 0.2) is 5.78 Å². The zero-order valence-electron chi connectivity index (χ0n) is 15.7. The van der Waals surface area contributed by atoms with Crippen LogP contribution in [0.2, 0.25) is 0 Å². The first kappa shape index (κ1) is 18.3. The molecule has 4 heteroatoms. The Morgan fingerprint density at radius 2 is 2.04 bits per heavy atom. The Labute approximate surface area is 155 Å². The van der Waals surface area contributed by atoms with Gasteiger partial charge < -0.3 is 4.90 Å². The molecule has 2 heterocycles. The molecule has 0 spiro atoms. The Morgan fingerprint density at radius 1 is 1.23 bits per heavy atom. The maximum absolute atomic E-state index is 12.9. The number of Topliss-reactive ketones (excluding diaryl/α,β-unsaturated/α-hetero) is 1. The number of ketones is 1. The van der Waals surface area contributed by atoms with Gasteiger partial charge in [-0.1, -0.05) is 37.6 Å². The molecule has 0 fully saturated rings. The lowest BCUT2D eigenvalue weighted by atomic mass is 9.85. The second-order valence-corrected chi connectivity index (χ2v) is 7.39. The fourth-order valence-electron chi connectivity index (χ4n) is 3.82. The molecule has 0 saturated heterocycles. The first-order chi connectivity index (χ1) is 12.5. The molecular formula is C22H26N2O2. The molecular weight excluding hydrogens is 324 g/mol. The van der Waals surface area contributed by atoms with E-state index in [-0.39, 0.29) is 30.6 Å². The van der Waals surface area contributed by atoms with E-state index in [0.29, 0.717) is 11.5 Å². The van der Waals surface area contributed by atoms with E-state index in [9.17, 15) is 9.59 Å². The molecule has 0 bridgehead atoms. The highest BCUT2D eigenvalue weighted by molar-refractivity contribution is 5.97. The Balaban J connectivity index is 1.72. The van der Waals surface area contributed by atoms with Gasteiger partial charge in [-0.25, -0.2) is 0 Å². The lowest BCUT2D eigenvalue weighted by Crippen LogP contribution is -2.42. The number of nitrogens with zero attached hydrogens (tertiary/aromatic N) is 2. The minimum Gasteiger partial charge on any atom is -0.335 e. The van der Waals surface area contributed by atoms with Crippen LogP contribution in [0.4, 0.5) is 0 Å². The third-order valence-corrected chi connectivity index (χ3v) is 5.08. The molecule has 1 aliphatic heterocycles. The average Bonchev–Trinajstić information content (AvgIpc) is 2.65. The van der Waals surface area contributed by atoms with Crippen LogP contribution in [0.1, 0.15) is 59.8 Å². The van der Waals surface area contributed by atoms with Crippen LogP contribution in [-0.4, -0.2) is 28.1 Å². The molecule has 0 aliphatic carbocycles. The summed E-state index contributed by atoms with van der Waals surface area (Å²) in [4.78, 5) is 31.1. The van der Waals surface area contributed by atoms with E-state index in [1.54, 1.807) is 24.5 Å². The van der Waals surface area contributed by atoms with Gasteiger partial charge in [-0.15, -0.1) is 0 Å². The number of rotatable bonds is 5. The summed E-state index contributed by atoms with van der Waals surface area (Å²) in [6.45, 7) is 7.13. The van der Waals surface area contributed by atoms with E-state index in [4.69, 9.17) is 0 Å². The minimum atomic E-state index is -0.0272. The van der Waals surface area contributed by atoms with E-state index >= 15 is 0 Å². The van der Waals surface area contributed by atoms with Gasteiger partial charge >= 0.3 is 0 Å². The number of aryl methyl sites for hydroxylation is 1. The fraction of sp³-hybridized carbons (Fsp3) is 0.409. The second kappa shape index (κ2) is 7.81. The van der Waals surface area contributed by atoms with Crippen molar-refractivity contribution in [3.05, 3.63) is 65.0 Å². The number of benzene rings is 1. The molecule has 1 aromatic heterocycles. The summed E-state index contributed by atoms with van der Waals surface area (Å²) in [6.07, 6.45) is 4.55. The van der Waals surface area contributed by atoms with Gasteiger partial charge in [-0.3, -0.25) is 14.6 Å². The summed E-state index contributed by atoms with van der Waals surface area (Å²) < 4.78 is 0. The fourth-order valence-corrected chi connectivity index (χ4v) is 3.82. The third kappa shape index (κ3) is 3.85. The maximum atomic E-state index is 12.9. The number of aromatic nitrogens is 1. The van der Waals surface area contributed by atoms with Crippen molar-refractivity contribution in [1.82, 2.24) is 9.88 Å². The standard InChI is InChI=1S/C22H26N2O2/c1-15(2)22-19-7-6-16(3)13-17(19)10-12-24(22)21(26)9-8-20(25)18-5-4-11-23-14-18/h4-7,11,13-15,22H,8-10,12H2,1-3H3. The molecule has 1 aromatic carbocycles. The van der Waals surface area contributed by atoms with Gasteiger partial charge in [0.2, 0.25) is 5.91 Å². The molecule has 0 radical (unpaired) electrons. The molecule has 136 valence electrons. The lowest BCUT2D eigenvalue weighted by molar-refractivity contribution is -0.135. The highest BCUT2D eigenvalue weighted by atomic mass is 16.2. The summed E-state index contributed by atoms with van der Waals surface area (Å²) >= 11 is 0. The second-order valence-electron chi connectivity index (χ2n) is 7.39. The van der Waals surface area contributed by atoms with Crippen LogP contribution >= 0.6 is 0 Å². The van der Waals surface area contributed by atoms with Crippen molar-refractivity contribution >= 4 is 11.7 Å². The van der Waals surface area contributed by atoms with E-state index in [1.165, 1.54) is 16.7 Å². The largest absolute Gasteiger partial charge is 0.335 e. The molecule has 3 rings (SSSR count). The molecule has 26 heavy (non-hydrogen) atoms. The van der Waals surface area contributed by atoms with Gasteiger partial charge in [0, 0.05) is 37.3 Å². The monoisotopic (exact) mass is 350 g/mol.